The fraction of sp³-hybridized carbons (Fsp3) is 0.464. The third-order valence-electron chi connectivity index (χ3n) is 8.80. The molecule has 1 saturated heterocycles. The van der Waals surface area contributed by atoms with Crippen molar-refractivity contribution < 1.29 is 18.5 Å². The summed E-state index contributed by atoms with van der Waals surface area (Å²) in [6, 6.07) is 13.4. The van der Waals surface area contributed by atoms with E-state index in [0.29, 0.717) is 41.8 Å². The molecule has 2 bridgehead atoms. The number of nitrogen functional groups attached to an aromatic ring is 1. The van der Waals surface area contributed by atoms with Gasteiger partial charge >= 0.3 is 7.12 Å². The van der Waals surface area contributed by atoms with Crippen LogP contribution in [0.4, 0.5) is 5.69 Å². The number of para-hydroxylation sites is 1. The number of rotatable bonds is 7. The van der Waals surface area contributed by atoms with Crippen LogP contribution in [0, 0.1) is 17.3 Å². The van der Waals surface area contributed by atoms with Crippen LogP contribution in [0.2, 0.25) is 5.02 Å². The number of furan rings is 1. The minimum atomic E-state index is -0.493. The first-order chi connectivity index (χ1) is 17.3. The average molecular weight is 507 g/mol. The number of benzene rings is 2. The van der Waals surface area contributed by atoms with Crippen molar-refractivity contribution in [3.8, 4) is 0 Å². The van der Waals surface area contributed by atoms with Crippen LogP contribution < -0.4 is 11.1 Å². The van der Waals surface area contributed by atoms with Gasteiger partial charge in [-0.3, -0.25) is 4.79 Å². The first-order valence-electron chi connectivity index (χ1n) is 12.9. The van der Waals surface area contributed by atoms with E-state index in [1.807, 2.05) is 30.3 Å². The molecule has 1 aliphatic heterocycles. The third kappa shape index (κ3) is 4.21. The summed E-state index contributed by atoms with van der Waals surface area (Å²) in [6.07, 6.45) is 5.59. The summed E-state index contributed by atoms with van der Waals surface area (Å²) in [7, 11) is -0.493. The van der Waals surface area contributed by atoms with Crippen molar-refractivity contribution in [3.05, 3.63) is 64.9 Å². The summed E-state index contributed by atoms with van der Waals surface area (Å²) in [5.74, 6) is 0.797. The van der Waals surface area contributed by atoms with Crippen LogP contribution in [0.25, 0.3) is 11.0 Å². The highest BCUT2D eigenvalue weighted by molar-refractivity contribution is 6.47. The lowest BCUT2D eigenvalue weighted by Gasteiger charge is -2.60. The third-order valence-corrected chi connectivity index (χ3v) is 9.15. The summed E-state index contributed by atoms with van der Waals surface area (Å²) in [5, 5.41) is 4.85. The summed E-state index contributed by atoms with van der Waals surface area (Å²) < 4.78 is 18.8. The maximum absolute atomic E-state index is 13.1. The van der Waals surface area contributed by atoms with E-state index < -0.39 is 7.12 Å². The van der Waals surface area contributed by atoms with Gasteiger partial charge in [-0.2, -0.15) is 0 Å². The first-order valence-corrected chi connectivity index (χ1v) is 13.3. The molecule has 8 heteroatoms. The Morgan fingerprint density at radius 2 is 2.03 bits per heavy atom. The lowest BCUT2D eigenvalue weighted by atomic mass is 9.47. The van der Waals surface area contributed by atoms with Gasteiger partial charge in [-0.1, -0.05) is 49.7 Å². The van der Waals surface area contributed by atoms with E-state index in [0.717, 1.165) is 28.5 Å². The molecule has 3 unspecified atom stereocenters. The van der Waals surface area contributed by atoms with Gasteiger partial charge in [0.25, 0.3) is 0 Å². The van der Waals surface area contributed by atoms with Crippen LogP contribution in [0.1, 0.15) is 44.2 Å². The SMILES string of the molecule is CC1(C)C2C[C@H]1CC1OB([C@H](Cc3coc4ccccc34)NC(=O)CCc3ccc(N)cc3Cl)OC12. The van der Waals surface area contributed by atoms with Crippen molar-refractivity contribution in [1.82, 2.24) is 5.32 Å². The summed E-state index contributed by atoms with van der Waals surface area (Å²) in [4.78, 5) is 13.1. The molecule has 4 aliphatic rings. The Balaban J connectivity index is 1.19. The standard InChI is InChI=1S/C28H32BClN2O4/c1-28(2)18-12-21(28)27-24(13-18)35-29(36-27)25(11-17-15-34-23-6-4-3-5-20(17)23)32-26(33)10-8-16-7-9-19(31)14-22(16)30/h3-7,9,14-15,18,21,24-25,27H,8,10-13,31H2,1-2H3,(H,32,33)/t18-,21?,24?,25-,27?/m0/s1. The second-order valence-corrected chi connectivity index (χ2v) is 11.6. The van der Waals surface area contributed by atoms with Crippen molar-refractivity contribution in [2.75, 3.05) is 5.73 Å². The second-order valence-electron chi connectivity index (χ2n) is 11.2. The zero-order valence-corrected chi connectivity index (χ0v) is 21.5. The number of halogens is 1. The molecule has 3 N–H and O–H groups in total. The number of carbonyl (C=O) groups excluding carboxylic acids is 1. The predicted octanol–water partition coefficient (Wildman–Crippen LogP) is 5.21. The van der Waals surface area contributed by atoms with E-state index in [1.54, 1.807) is 18.4 Å². The minimum Gasteiger partial charge on any atom is -0.464 e. The summed E-state index contributed by atoms with van der Waals surface area (Å²) in [6.45, 7) is 4.69. The van der Waals surface area contributed by atoms with E-state index in [2.05, 4.69) is 19.2 Å². The van der Waals surface area contributed by atoms with E-state index >= 15 is 0 Å². The number of nitrogens with two attached hydrogens (primary N) is 1. The van der Waals surface area contributed by atoms with Gasteiger partial charge in [0.1, 0.15) is 5.58 Å². The Morgan fingerprint density at radius 1 is 1.19 bits per heavy atom. The molecule has 7 rings (SSSR count). The molecule has 2 aromatic carbocycles. The largest absolute Gasteiger partial charge is 0.481 e. The highest BCUT2D eigenvalue weighted by atomic mass is 35.5. The van der Waals surface area contributed by atoms with Gasteiger partial charge in [-0.05, 0) is 72.3 Å². The second kappa shape index (κ2) is 9.12. The smallest absolute Gasteiger partial charge is 0.464 e. The minimum absolute atomic E-state index is 0.0626. The Hall–Kier alpha value is -2.48. The topological polar surface area (TPSA) is 86.7 Å². The summed E-state index contributed by atoms with van der Waals surface area (Å²) in [5.41, 5.74) is 9.47. The van der Waals surface area contributed by atoms with Gasteiger partial charge in [-0.25, -0.2) is 0 Å². The number of hydrogen-bond donors (Lipinski definition) is 2. The highest BCUT2D eigenvalue weighted by Crippen LogP contribution is 2.61. The van der Waals surface area contributed by atoms with Gasteiger partial charge in [-0.15, -0.1) is 0 Å². The molecule has 6 nitrogen and oxygen atoms in total. The van der Waals surface area contributed by atoms with Gasteiger partial charge in [0.05, 0.1) is 24.4 Å². The number of fused-ring (bicyclic) bond motifs is 1. The summed E-state index contributed by atoms with van der Waals surface area (Å²) >= 11 is 6.32. The molecule has 5 atom stereocenters. The van der Waals surface area contributed by atoms with Gasteiger partial charge in [0.15, 0.2) is 0 Å². The molecule has 3 saturated carbocycles. The molecule has 0 spiro atoms. The Bertz CT molecular complexity index is 1290. The monoisotopic (exact) mass is 506 g/mol. The van der Waals surface area contributed by atoms with Crippen molar-refractivity contribution >= 4 is 41.3 Å². The van der Waals surface area contributed by atoms with E-state index in [4.69, 9.17) is 31.1 Å². The molecule has 36 heavy (non-hydrogen) atoms. The molecular weight excluding hydrogens is 475 g/mol. The van der Waals surface area contributed by atoms with Gasteiger partial charge in [0, 0.05) is 22.5 Å². The Morgan fingerprint density at radius 3 is 2.83 bits per heavy atom. The van der Waals surface area contributed by atoms with Crippen molar-refractivity contribution in [2.24, 2.45) is 17.3 Å². The van der Waals surface area contributed by atoms with Crippen LogP contribution in [-0.4, -0.2) is 31.2 Å². The molecular formula is C28H32BClN2O4. The van der Waals surface area contributed by atoms with Crippen molar-refractivity contribution in [1.29, 1.82) is 0 Å². The number of aryl methyl sites for hydroxylation is 1. The Labute approximate surface area is 217 Å². The molecule has 1 aromatic heterocycles. The molecule has 3 aliphatic carbocycles. The first kappa shape index (κ1) is 23.9. The quantitative estimate of drug-likeness (QED) is 0.339. The van der Waals surface area contributed by atoms with Crippen LogP contribution in [-0.2, 0) is 26.9 Å². The van der Waals surface area contributed by atoms with Crippen LogP contribution in [0.3, 0.4) is 0 Å². The lowest BCUT2D eigenvalue weighted by molar-refractivity contribution is -0.150. The van der Waals surface area contributed by atoms with E-state index in [9.17, 15) is 4.79 Å². The van der Waals surface area contributed by atoms with Crippen molar-refractivity contribution in [2.45, 2.75) is 64.1 Å². The number of hydrogen-bond acceptors (Lipinski definition) is 5. The van der Waals surface area contributed by atoms with Crippen LogP contribution in [0.15, 0.2) is 53.1 Å². The number of amides is 1. The van der Waals surface area contributed by atoms with Gasteiger partial charge in [0.2, 0.25) is 5.91 Å². The highest BCUT2D eigenvalue weighted by Gasteiger charge is 2.62. The van der Waals surface area contributed by atoms with E-state index in [1.165, 1.54) is 6.42 Å². The van der Waals surface area contributed by atoms with Crippen LogP contribution >= 0.6 is 11.6 Å². The van der Waals surface area contributed by atoms with Crippen molar-refractivity contribution in [3.63, 3.8) is 0 Å². The fourth-order valence-electron chi connectivity index (χ4n) is 6.49. The molecule has 2 heterocycles. The average Bonchev–Trinajstić information content (AvgIpc) is 3.47. The zero-order chi connectivity index (χ0) is 25.0. The molecule has 0 radical (unpaired) electrons. The normalized spacial score (nSPS) is 26.9. The molecule has 3 aromatic rings. The number of nitrogens with one attached hydrogen (secondary N) is 1. The fourth-order valence-corrected chi connectivity index (χ4v) is 6.77. The maximum Gasteiger partial charge on any atom is 0.481 e. The lowest BCUT2D eigenvalue weighted by Crippen LogP contribution is -2.59. The van der Waals surface area contributed by atoms with Crippen LogP contribution in [0.5, 0.6) is 0 Å². The zero-order valence-electron chi connectivity index (χ0n) is 20.7. The predicted molar refractivity (Wildman–Crippen MR) is 142 cm³/mol. The number of anilines is 1. The molecule has 4 fully saturated rings. The molecule has 1 amide bonds. The van der Waals surface area contributed by atoms with Gasteiger partial charge < -0.3 is 24.8 Å². The van der Waals surface area contributed by atoms with E-state index in [-0.39, 0.29) is 29.5 Å². The Kier molecular flexibility index (Phi) is 6.06. The molecule has 188 valence electrons. The maximum atomic E-state index is 13.1. The number of carbonyl (C=O) groups is 1.